The van der Waals surface area contributed by atoms with Crippen molar-refractivity contribution in [3.63, 3.8) is 0 Å². The Hall–Kier alpha value is -9.05. The molecule has 5 heterocycles. The van der Waals surface area contributed by atoms with E-state index in [-0.39, 0.29) is 152 Å². The second kappa shape index (κ2) is 44.9. The number of aliphatic hydroxyl groups is 1. The first-order chi connectivity index (χ1) is 52.9. The molecule has 0 aromatic heterocycles. The average Bonchev–Trinajstić information content (AvgIpc) is 1.68. The zero-order valence-corrected chi connectivity index (χ0v) is 64.6. The number of carbonyl (C=O) groups excluding carboxylic acids is 11. The van der Waals surface area contributed by atoms with Crippen LogP contribution in [0.3, 0.4) is 0 Å². The lowest BCUT2D eigenvalue weighted by atomic mass is 10.0. The lowest BCUT2D eigenvalue weighted by Gasteiger charge is -2.37. The SMILES string of the molecule is CCCCCC(=O)NC1CSCc2cc(cc(CN3CCN(C(=O)CN4CCN(CC(=O)O)CCN(CC(=O)O)CCN(CC(=O)O)CC4)CC3)c2)CSCC(C(=O)NC(CC(=O)O)C(N)=O)NC(=O)[C@H](Cc2ccccc2)NC(=O)[C@H](CCC(N)=O)NC(=O)[C@H](C(C)O)NC(=O)[C@@H]2CCCN2C(=O)[C@@H]2CCCN2C1=O. The zero-order valence-electron chi connectivity index (χ0n) is 63.0. The molecule has 0 radical (unpaired) electrons. The van der Waals surface area contributed by atoms with Crippen LogP contribution in [0.4, 0.5) is 0 Å². The van der Waals surface area contributed by atoms with Crippen LogP contribution in [0.25, 0.3) is 0 Å². The van der Waals surface area contributed by atoms with Gasteiger partial charge in [-0.05, 0) is 67.7 Å². The molecule has 111 heavy (non-hydrogen) atoms. The summed E-state index contributed by atoms with van der Waals surface area (Å²) in [6.07, 6.45) is -0.365. The number of nitrogens with zero attached hydrogens (tertiary/aromatic N) is 8. The molecule has 7 rings (SSSR count). The van der Waals surface area contributed by atoms with Crippen molar-refractivity contribution < 1.29 is 97.5 Å². The topological polar surface area (TPSA) is 507 Å². The molecule has 5 aliphatic heterocycles. The van der Waals surface area contributed by atoms with Crippen LogP contribution in [0.15, 0.2) is 48.5 Å². The lowest BCUT2D eigenvalue weighted by Crippen LogP contribution is -2.62. The molecule has 36 nitrogen and oxygen atoms in total. The van der Waals surface area contributed by atoms with Gasteiger partial charge in [0, 0.05) is 140 Å². The molecule has 2 aromatic carbocycles. The van der Waals surface area contributed by atoms with E-state index in [1.54, 1.807) is 49.9 Å². The summed E-state index contributed by atoms with van der Waals surface area (Å²) in [6, 6.07) is 2.43. The number of amides is 11. The quantitative estimate of drug-likeness (QED) is 0.0409. The van der Waals surface area contributed by atoms with E-state index in [1.165, 1.54) is 28.5 Å². The fourth-order valence-corrected chi connectivity index (χ4v) is 16.0. The Kier molecular flexibility index (Phi) is 36.0. The first kappa shape index (κ1) is 89.2. The molecule has 5 aliphatic rings. The van der Waals surface area contributed by atoms with Crippen molar-refractivity contribution in [2.24, 2.45) is 11.5 Å². The van der Waals surface area contributed by atoms with Gasteiger partial charge >= 0.3 is 23.9 Å². The van der Waals surface area contributed by atoms with Gasteiger partial charge in [0.05, 0.1) is 38.7 Å². The Bertz CT molecular complexity index is 3560. The van der Waals surface area contributed by atoms with Gasteiger partial charge in [0.25, 0.3) is 0 Å². The Morgan fingerprint density at radius 1 is 0.559 bits per heavy atom. The van der Waals surface area contributed by atoms with E-state index in [9.17, 15) is 92.7 Å². The van der Waals surface area contributed by atoms with Gasteiger partial charge in [-0.2, -0.15) is 23.5 Å². The molecule has 4 unspecified atom stereocenters. The molecular weight excluding hydrogens is 1490 g/mol. The van der Waals surface area contributed by atoms with Crippen LogP contribution in [0.1, 0.15) is 107 Å². The minimum Gasteiger partial charge on any atom is -0.481 e. The van der Waals surface area contributed by atoms with E-state index in [2.05, 4.69) is 36.8 Å². The smallest absolute Gasteiger partial charge is 0.317 e. The number of carboxylic acid groups (broad SMARTS) is 4. The molecule has 2 aromatic rings. The molecule has 9 atom stereocenters. The number of primary amides is 2. The molecular formula is C73H108N16O20S2. The molecule has 15 N–H and O–H groups in total. The van der Waals surface area contributed by atoms with E-state index < -0.39 is 151 Å². The number of piperazine rings is 1. The number of hydrogen-bond donors (Lipinski definition) is 13. The maximum absolute atomic E-state index is 15.1. The molecule has 0 aliphatic carbocycles. The number of carbonyl (C=O) groups is 15. The first-order valence-electron chi connectivity index (χ1n) is 37.7. The molecule has 0 spiro atoms. The summed E-state index contributed by atoms with van der Waals surface area (Å²) in [5, 5.41) is 65.6. The van der Waals surface area contributed by atoms with E-state index >= 15 is 4.79 Å². The van der Waals surface area contributed by atoms with E-state index in [0.717, 1.165) is 35.7 Å². The lowest BCUT2D eigenvalue weighted by molar-refractivity contribution is -0.148. The van der Waals surface area contributed by atoms with E-state index in [0.29, 0.717) is 63.1 Å². The van der Waals surface area contributed by atoms with Crippen LogP contribution in [-0.2, 0) is 96.4 Å². The normalized spacial score (nSPS) is 23.6. The third-order valence-electron chi connectivity index (χ3n) is 20.0. The number of thioether (sulfide) groups is 2. The van der Waals surface area contributed by atoms with Crippen molar-refractivity contribution in [1.29, 1.82) is 0 Å². The highest BCUT2D eigenvalue weighted by molar-refractivity contribution is 7.98. The molecule has 4 saturated heterocycles. The number of aliphatic carboxylic acids is 4. The molecule has 11 amide bonds. The Balaban J connectivity index is 1.21. The predicted octanol–water partition coefficient (Wildman–Crippen LogP) is -3.39. The van der Waals surface area contributed by atoms with Crippen molar-refractivity contribution in [2.75, 3.05) is 129 Å². The van der Waals surface area contributed by atoms with Crippen molar-refractivity contribution in [3.05, 3.63) is 70.8 Å². The largest absolute Gasteiger partial charge is 0.481 e. The fourth-order valence-electron chi connectivity index (χ4n) is 14.1. The Labute approximate surface area is 652 Å². The summed E-state index contributed by atoms with van der Waals surface area (Å²) in [4.78, 5) is 217. The van der Waals surface area contributed by atoms with Crippen LogP contribution in [-0.4, -0.2) is 337 Å². The third kappa shape index (κ3) is 29.5. The summed E-state index contributed by atoms with van der Waals surface area (Å²) >= 11 is 2.49. The molecule has 612 valence electrons. The van der Waals surface area contributed by atoms with Crippen LogP contribution >= 0.6 is 23.5 Å². The van der Waals surface area contributed by atoms with Crippen LogP contribution in [0, 0.1) is 0 Å². The van der Waals surface area contributed by atoms with Gasteiger partial charge in [-0.25, -0.2) is 0 Å². The summed E-state index contributed by atoms with van der Waals surface area (Å²) in [5.41, 5.74) is 13.9. The maximum atomic E-state index is 15.1. The minimum absolute atomic E-state index is 0.0450. The van der Waals surface area contributed by atoms with Gasteiger partial charge in [-0.3, -0.25) is 96.4 Å². The standard InChI is InChI=1S/C73H108N16O20S2/c1-3-4-6-15-59(92)76-55-45-111-43-50-33-48(37-82-28-30-87(31-29-82)60(93)38-83-20-22-84(39-62(96)97)24-26-86(41-64(100)101)27-25-85(23-21-83)40-63(98)99)32-49(34-50)42-110-44-54(69(105)78-52(66(75)102)36-61(94)95)80-68(104)53(35-47-11-7-5-8-12-47)79-67(103)51(16-17-58(74)91)77-71(107)65(46(2)90)81-70(106)56-13-9-18-88(56)73(109)57-14-10-19-89(57)72(55)108/h5,7-8,11-12,32-34,46,51-57,65,90H,3-4,6,9-10,13-31,35-45H2,1-2H3,(H2,74,91)(H2,75,102)(H,76,92)(H,77,107)(H,78,105)(H,79,103)(H,80,104)(H,81,106)(H,94,95)(H,96,97)(H,98,99)(H,100,101)/t46?,51-,52?,53-,54?,55?,56-,57-,65-/m0/s1. The second-order valence-corrected chi connectivity index (χ2v) is 30.8. The number of rotatable bonds is 26. The van der Waals surface area contributed by atoms with Crippen LogP contribution in [0.2, 0.25) is 0 Å². The van der Waals surface area contributed by atoms with Crippen molar-refractivity contribution in [1.82, 2.24) is 71.1 Å². The summed E-state index contributed by atoms with van der Waals surface area (Å²) in [6.45, 7) is 5.97. The summed E-state index contributed by atoms with van der Waals surface area (Å²) in [7, 11) is 0. The number of aliphatic hydroxyl groups excluding tert-OH is 1. The highest BCUT2D eigenvalue weighted by Gasteiger charge is 2.45. The highest BCUT2D eigenvalue weighted by atomic mass is 32.2. The number of carboxylic acids is 4. The number of fused-ring (bicyclic) bond motifs is 4. The average molecular weight is 1590 g/mol. The van der Waals surface area contributed by atoms with Crippen molar-refractivity contribution in [3.8, 4) is 0 Å². The second-order valence-electron chi connectivity index (χ2n) is 28.8. The number of hydrogen-bond acceptors (Lipinski definition) is 23. The molecule has 4 fully saturated rings. The van der Waals surface area contributed by atoms with Gasteiger partial charge in [0.2, 0.25) is 65.0 Å². The van der Waals surface area contributed by atoms with Gasteiger partial charge in [-0.1, -0.05) is 68.3 Å². The number of benzene rings is 2. The number of nitrogens with two attached hydrogens (primary N) is 2. The molecule has 0 saturated carbocycles. The van der Waals surface area contributed by atoms with Crippen LogP contribution in [0.5, 0.6) is 0 Å². The summed E-state index contributed by atoms with van der Waals surface area (Å²) < 4.78 is 0. The zero-order chi connectivity index (χ0) is 80.8. The van der Waals surface area contributed by atoms with Crippen molar-refractivity contribution in [2.45, 2.75) is 163 Å². The molecule has 2 bridgehead atoms. The molecule has 38 heteroatoms. The number of unbranched alkanes of at least 4 members (excludes halogenated alkanes) is 2. The van der Waals surface area contributed by atoms with Crippen molar-refractivity contribution >= 4 is 112 Å². The van der Waals surface area contributed by atoms with Gasteiger partial charge in [-0.15, -0.1) is 0 Å². The Morgan fingerprint density at radius 2 is 1.08 bits per heavy atom. The van der Waals surface area contributed by atoms with Crippen LogP contribution < -0.4 is 43.4 Å². The first-order valence-corrected chi connectivity index (χ1v) is 40.0. The third-order valence-corrected chi connectivity index (χ3v) is 22.2. The maximum Gasteiger partial charge on any atom is 0.317 e. The van der Waals surface area contributed by atoms with E-state index in [1.807, 2.05) is 30.0 Å². The highest BCUT2D eigenvalue weighted by Crippen LogP contribution is 2.29. The summed E-state index contributed by atoms with van der Waals surface area (Å²) in [5.74, 6) is -13.3. The Morgan fingerprint density at radius 3 is 1.61 bits per heavy atom. The number of nitrogens with one attached hydrogen (secondary N) is 6. The minimum atomic E-state index is -1.77. The van der Waals surface area contributed by atoms with Gasteiger partial charge in [0.15, 0.2) is 0 Å². The van der Waals surface area contributed by atoms with Gasteiger partial charge in [0.1, 0.15) is 48.3 Å². The monoisotopic (exact) mass is 1590 g/mol. The van der Waals surface area contributed by atoms with E-state index in [4.69, 9.17) is 11.5 Å². The van der Waals surface area contributed by atoms with Gasteiger partial charge < -0.3 is 83.6 Å². The fraction of sp³-hybridized carbons (Fsp3) is 0.630. The predicted molar refractivity (Wildman–Crippen MR) is 406 cm³/mol.